The molecule has 0 aromatic heterocycles. The van der Waals surface area contributed by atoms with E-state index in [2.05, 4.69) is 36.9 Å². The molecule has 0 aliphatic rings. The molecule has 0 saturated heterocycles. The Bertz CT molecular complexity index is 186. The Hall–Kier alpha value is 0.730. The molecule has 1 nitrogen and oxygen atoms in total. The van der Waals surface area contributed by atoms with Crippen LogP contribution in [0.4, 0.5) is 0 Å². The zero-order valence-electron chi connectivity index (χ0n) is 14.1. The Kier molecular flexibility index (Phi) is 18.5. The van der Waals surface area contributed by atoms with Gasteiger partial charge in [0.05, 0.1) is 32.5 Å². The highest BCUT2D eigenvalue weighted by molar-refractivity contribution is 9.09. The molecular formula is C17H37BrClN. The summed E-state index contributed by atoms with van der Waals surface area (Å²) in [5.74, 6) is 0. The minimum Gasteiger partial charge on any atom is -1.00 e. The summed E-state index contributed by atoms with van der Waals surface area (Å²) in [6.45, 7) is 4.87. The lowest BCUT2D eigenvalue weighted by atomic mass is 10.1. The molecule has 0 aliphatic carbocycles. The van der Waals surface area contributed by atoms with E-state index < -0.39 is 0 Å². The van der Waals surface area contributed by atoms with Crippen molar-refractivity contribution in [2.24, 2.45) is 0 Å². The van der Waals surface area contributed by atoms with Crippen LogP contribution in [-0.2, 0) is 0 Å². The number of rotatable bonds is 14. The van der Waals surface area contributed by atoms with Gasteiger partial charge in [0.2, 0.25) is 0 Å². The Morgan fingerprint density at radius 1 is 0.650 bits per heavy atom. The van der Waals surface area contributed by atoms with Crippen LogP contribution in [0.5, 0.6) is 0 Å². The van der Waals surface area contributed by atoms with Crippen LogP contribution in [-0.4, -0.2) is 37.0 Å². The molecule has 20 heavy (non-hydrogen) atoms. The molecule has 0 spiro atoms. The normalized spacial score (nSPS) is 11.4. The molecule has 0 radical (unpaired) electrons. The third-order valence-corrected chi connectivity index (χ3v) is 4.41. The van der Waals surface area contributed by atoms with Crippen molar-refractivity contribution in [3.8, 4) is 0 Å². The summed E-state index contributed by atoms with van der Waals surface area (Å²) in [6.07, 6.45) is 15.9. The maximum atomic E-state index is 3.54. The molecular weight excluding hydrogens is 334 g/mol. The van der Waals surface area contributed by atoms with Gasteiger partial charge in [-0.15, -0.1) is 0 Å². The second-order valence-electron chi connectivity index (χ2n) is 6.61. The molecule has 0 amide bonds. The first kappa shape index (κ1) is 23.0. The van der Waals surface area contributed by atoms with E-state index in [0.717, 1.165) is 5.33 Å². The zero-order chi connectivity index (χ0) is 14.4. The van der Waals surface area contributed by atoms with Crippen LogP contribution < -0.4 is 12.4 Å². The fraction of sp³-hybridized carbons (Fsp3) is 1.00. The summed E-state index contributed by atoms with van der Waals surface area (Å²) in [5, 5.41) is 1.12. The van der Waals surface area contributed by atoms with Crippen LogP contribution in [0.3, 0.4) is 0 Å². The maximum Gasteiger partial charge on any atom is 0.0880 e. The molecule has 0 fully saturated rings. The molecule has 0 aromatic carbocycles. The van der Waals surface area contributed by atoms with E-state index in [9.17, 15) is 0 Å². The second kappa shape index (κ2) is 16.1. The van der Waals surface area contributed by atoms with Crippen molar-refractivity contribution in [2.75, 3.05) is 32.5 Å². The van der Waals surface area contributed by atoms with Gasteiger partial charge in [-0.3, -0.25) is 0 Å². The van der Waals surface area contributed by atoms with Gasteiger partial charge in [0.1, 0.15) is 0 Å². The van der Waals surface area contributed by atoms with Crippen molar-refractivity contribution in [3.05, 3.63) is 0 Å². The van der Waals surface area contributed by atoms with Crippen molar-refractivity contribution in [1.29, 1.82) is 0 Å². The number of hydrogen-bond donors (Lipinski definition) is 0. The Labute approximate surface area is 143 Å². The maximum absolute atomic E-state index is 3.54. The summed E-state index contributed by atoms with van der Waals surface area (Å²) in [7, 11) is 4.69. The van der Waals surface area contributed by atoms with E-state index in [0.29, 0.717) is 0 Å². The summed E-state index contributed by atoms with van der Waals surface area (Å²) < 4.78 is 1.17. The van der Waals surface area contributed by atoms with Crippen molar-refractivity contribution < 1.29 is 16.9 Å². The first-order chi connectivity index (χ1) is 9.12. The van der Waals surface area contributed by atoms with E-state index in [1.165, 1.54) is 88.2 Å². The number of alkyl halides is 1. The Morgan fingerprint density at radius 2 is 1.05 bits per heavy atom. The monoisotopic (exact) mass is 369 g/mol. The number of nitrogens with zero attached hydrogens (tertiary/aromatic N) is 1. The lowest BCUT2D eigenvalue weighted by Gasteiger charge is -2.29. The van der Waals surface area contributed by atoms with E-state index in [4.69, 9.17) is 0 Å². The highest BCUT2D eigenvalue weighted by Crippen LogP contribution is 2.12. The van der Waals surface area contributed by atoms with Gasteiger partial charge in [-0.25, -0.2) is 0 Å². The third kappa shape index (κ3) is 16.8. The molecule has 0 N–H and O–H groups in total. The molecule has 0 heterocycles. The Morgan fingerprint density at radius 3 is 1.45 bits per heavy atom. The van der Waals surface area contributed by atoms with Gasteiger partial charge in [-0.2, -0.15) is 0 Å². The molecule has 0 atom stereocenters. The van der Waals surface area contributed by atoms with Gasteiger partial charge >= 0.3 is 0 Å². The molecule has 0 saturated carbocycles. The SMILES string of the molecule is CCCCCCCCCCCCC[N+](C)(C)CCBr.[Cl-]. The summed E-state index contributed by atoms with van der Waals surface area (Å²) >= 11 is 3.54. The van der Waals surface area contributed by atoms with Crippen LogP contribution >= 0.6 is 15.9 Å². The quantitative estimate of drug-likeness (QED) is 0.250. The molecule has 3 heteroatoms. The number of halogens is 2. The van der Waals surface area contributed by atoms with E-state index in [1.807, 2.05) is 0 Å². The van der Waals surface area contributed by atoms with Gasteiger partial charge < -0.3 is 16.9 Å². The van der Waals surface area contributed by atoms with Crippen LogP contribution in [0.25, 0.3) is 0 Å². The van der Waals surface area contributed by atoms with Crippen molar-refractivity contribution in [1.82, 2.24) is 0 Å². The van der Waals surface area contributed by atoms with Gasteiger partial charge in [-0.1, -0.05) is 80.6 Å². The molecule has 0 rings (SSSR count). The minimum atomic E-state index is 0. The van der Waals surface area contributed by atoms with Crippen LogP contribution in [0.2, 0.25) is 0 Å². The number of quaternary nitrogens is 1. The third-order valence-electron chi connectivity index (χ3n) is 4.06. The average molecular weight is 371 g/mol. The summed E-state index contributed by atoms with van der Waals surface area (Å²) in [4.78, 5) is 0. The summed E-state index contributed by atoms with van der Waals surface area (Å²) in [5.41, 5.74) is 0. The number of unbranched alkanes of at least 4 members (excludes halogenated alkanes) is 10. The Balaban J connectivity index is 0. The topological polar surface area (TPSA) is 0 Å². The standard InChI is InChI=1S/C17H37BrN.ClH/c1-4-5-6-7-8-9-10-11-12-13-14-16-19(2,3)17-15-18;/h4-17H2,1-3H3;1H/q+1;/p-1. The van der Waals surface area contributed by atoms with Crippen molar-refractivity contribution in [3.63, 3.8) is 0 Å². The molecule has 0 aromatic rings. The van der Waals surface area contributed by atoms with Crippen LogP contribution in [0.15, 0.2) is 0 Å². The predicted octanol–water partition coefficient (Wildman–Crippen LogP) is 2.77. The molecule has 0 unspecified atom stereocenters. The molecule has 0 bridgehead atoms. The first-order valence-corrected chi connectivity index (χ1v) is 9.62. The zero-order valence-corrected chi connectivity index (χ0v) is 16.4. The predicted molar refractivity (Wildman–Crippen MR) is 92.1 cm³/mol. The first-order valence-electron chi connectivity index (χ1n) is 8.50. The van der Waals surface area contributed by atoms with E-state index in [1.54, 1.807) is 0 Å². The highest BCUT2D eigenvalue weighted by Gasteiger charge is 2.12. The second-order valence-corrected chi connectivity index (χ2v) is 7.40. The molecule has 0 aliphatic heterocycles. The van der Waals surface area contributed by atoms with Gasteiger partial charge in [0.25, 0.3) is 0 Å². The fourth-order valence-electron chi connectivity index (χ4n) is 2.54. The summed E-state index contributed by atoms with van der Waals surface area (Å²) in [6, 6.07) is 0. The van der Waals surface area contributed by atoms with Crippen LogP contribution in [0, 0.1) is 0 Å². The van der Waals surface area contributed by atoms with Crippen molar-refractivity contribution >= 4 is 15.9 Å². The van der Waals surface area contributed by atoms with Crippen molar-refractivity contribution in [2.45, 2.75) is 77.6 Å². The minimum absolute atomic E-state index is 0. The molecule has 124 valence electrons. The lowest BCUT2D eigenvalue weighted by Crippen LogP contribution is -3.00. The van der Waals surface area contributed by atoms with E-state index in [-0.39, 0.29) is 12.4 Å². The van der Waals surface area contributed by atoms with Gasteiger partial charge in [0, 0.05) is 0 Å². The van der Waals surface area contributed by atoms with Gasteiger partial charge in [-0.05, 0) is 12.8 Å². The lowest BCUT2D eigenvalue weighted by molar-refractivity contribution is -0.887. The highest BCUT2D eigenvalue weighted by atomic mass is 79.9. The largest absolute Gasteiger partial charge is 1.00 e. The number of hydrogen-bond acceptors (Lipinski definition) is 0. The van der Waals surface area contributed by atoms with Crippen LogP contribution in [0.1, 0.15) is 77.6 Å². The van der Waals surface area contributed by atoms with Gasteiger partial charge in [0.15, 0.2) is 0 Å². The van der Waals surface area contributed by atoms with E-state index >= 15 is 0 Å². The average Bonchev–Trinajstić information content (AvgIpc) is 2.36. The smallest absolute Gasteiger partial charge is 0.0880 e. The fourth-order valence-corrected chi connectivity index (χ4v) is 3.50.